The van der Waals surface area contributed by atoms with E-state index in [1.807, 2.05) is 30.6 Å². The van der Waals surface area contributed by atoms with Gasteiger partial charge in [0, 0.05) is 12.2 Å². The predicted molar refractivity (Wildman–Crippen MR) is 107 cm³/mol. The molecule has 1 aromatic carbocycles. The maximum Gasteiger partial charge on any atom is 0.188 e. The van der Waals surface area contributed by atoms with Crippen LogP contribution in [0.15, 0.2) is 48.9 Å². The lowest BCUT2D eigenvalue weighted by Gasteiger charge is -2.18. The first-order valence-electron chi connectivity index (χ1n) is 9.07. The highest BCUT2D eigenvalue weighted by atomic mass is 32.1. The Balaban J connectivity index is 1.35. The maximum absolute atomic E-state index is 4.56. The van der Waals surface area contributed by atoms with Gasteiger partial charge in [-0.25, -0.2) is 9.97 Å². The highest BCUT2D eigenvalue weighted by Crippen LogP contribution is 2.29. The summed E-state index contributed by atoms with van der Waals surface area (Å²) in [5.74, 6) is 0.737. The van der Waals surface area contributed by atoms with Crippen LogP contribution in [0.1, 0.15) is 25.0 Å². The Bertz CT molecular complexity index is 831. The van der Waals surface area contributed by atoms with E-state index in [1.54, 1.807) is 17.5 Å². The van der Waals surface area contributed by atoms with Crippen molar-refractivity contribution in [1.82, 2.24) is 19.9 Å². The van der Waals surface area contributed by atoms with Crippen LogP contribution < -0.4 is 5.32 Å². The molecule has 4 rings (SSSR count). The molecule has 6 heteroatoms. The van der Waals surface area contributed by atoms with Gasteiger partial charge in [-0.2, -0.15) is 0 Å². The van der Waals surface area contributed by atoms with Crippen molar-refractivity contribution in [2.75, 3.05) is 18.9 Å². The first kappa shape index (κ1) is 17.1. The monoisotopic (exact) mass is 365 g/mol. The number of rotatable bonds is 6. The molecular weight excluding hydrogens is 342 g/mol. The molecule has 0 spiro atoms. The quantitative estimate of drug-likeness (QED) is 0.703. The minimum absolute atomic E-state index is 0.696. The van der Waals surface area contributed by atoms with Crippen LogP contribution in [0.3, 0.4) is 0 Å². The molecule has 1 N–H and O–H groups in total. The van der Waals surface area contributed by atoms with E-state index in [-0.39, 0.29) is 0 Å². The molecule has 0 saturated carbocycles. The zero-order valence-corrected chi connectivity index (χ0v) is 15.7. The second kappa shape index (κ2) is 7.93. The molecule has 1 fully saturated rings. The Kier molecular flexibility index (Phi) is 5.22. The van der Waals surface area contributed by atoms with Crippen LogP contribution in [0.25, 0.3) is 10.4 Å². The van der Waals surface area contributed by atoms with Gasteiger partial charge in [0.25, 0.3) is 0 Å². The summed E-state index contributed by atoms with van der Waals surface area (Å²) >= 11 is 1.62. The molecule has 3 heterocycles. The lowest BCUT2D eigenvalue weighted by Crippen LogP contribution is -2.25. The molecule has 5 nitrogen and oxygen atoms in total. The molecule has 134 valence electrons. The Hall–Kier alpha value is -2.31. The topological polar surface area (TPSA) is 53.9 Å². The number of thiazole rings is 1. The number of likely N-dealkylation sites (tertiary alicyclic amines) is 1. The van der Waals surface area contributed by atoms with Gasteiger partial charge in [0.1, 0.15) is 0 Å². The number of aryl methyl sites for hydroxylation is 1. The third-order valence-corrected chi connectivity index (χ3v) is 5.87. The van der Waals surface area contributed by atoms with Crippen LogP contribution in [0.5, 0.6) is 0 Å². The number of benzene rings is 1. The minimum Gasteiger partial charge on any atom is -0.315 e. The summed E-state index contributed by atoms with van der Waals surface area (Å²) in [5, 5.41) is 4.08. The van der Waals surface area contributed by atoms with Gasteiger partial charge in [-0.3, -0.25) is 4.98 Å². The fraction of sp³-hybridized carbons (Fsp3) is 0.350. The summed E-state index contributed by atoms with van der Waals surface area (Å²) in [6.07, 6.45) is 10.3. The average Bonchev–Trinajstić information content (AvgIpc) is 3.31. The van der Waals surface area contributed by atoms with Crippen LogP contribution in [-0.4, -0.2) is 39.5 Å². The maximum atomic E-state index is 4.56. The van der Waals surface area contributed by atoms with Crippen molar-refractivity contribution in [3.8, 4) is 10.4 Å². The van der Waals surface area contributed by atoms with Crippen molar-refractivity contribution in [3.63, 3.8) is 0 Å². The Labute approximate surface area is 158 Å². The highest BCUT2D eigenvalue weighted by molar-refractivity contribution is 7.18. The van der Waals surface area contributed by atoms with Crippen molar-refractivity contribution < 1.29 is 0 Å². The molecule has 1 unspecified atom stereocenters. The molecule has 1 aliphatic rings. The molecule has 1 aliphatic heterocycles. The number of nitrogens with one attached hydrogen (secondary N) is 1. The third kappa shape index (κ3) is 4.08. The largest absolute Gasteiger partial charge is 0.315 e. The van der Waals surface area contributed by atoms with Crippen molar-refractivity contribution in [2.45, 2.75) is 31.7 Å². The van der Waals surface area contributed by atoms with E-state index < -0.39 is 0 Å². The summed E-state index contributed by atoms with van der Waals surface area (Å²) in [6, 6.07) is 11.0. The highest BCUT2D eigenvalue weighted by Gasteiger charge is 2.20. The van der Waals surface area contributed by atoms with Crippen molar-refractivity contribution >= 4 is 22.3 Å². The normalized spacial score (nSPS) is 17.5. The van der Waals surface area contributed by atoms with Gasteiger partial charge in [-0.05, 0) is 44.8 Å². The Morgan fingerprint density at radius 1 is 1.12 bits per heavy atom. The predicted octanol–water partition coefficient (Wildman–Crippen LogP) is 4.37. The summed E-state index contributed by atoms with van der Waals surface area (Å²) < 4.78 is 0. The summed E-state index contributed by atoms with van der Waals surface area (Å²) in [4.78, 5) is 17.1. The van der Waals surface area contributed by atoms with Crippen LogP contribution in [0, 0.1) is 0 Å². The zero-order valence-electron chi connectivity index (χ0n) is 14.9. The van der Waals surface area contributed by atoms with Crippen molar-refractivity contribution in [3.05, 3.63) is 54.6 Å². The lowest BCUT2D eigenvalue weighted by molar-refractivity contribution is 0.296. The number of aromatic nitrogens is 3. The van der Waals surface area contributed by atoms with E-state index in [1.165, 1.54) is 24.9 Å². The molecule has 0 aliphatic carbocycles. The molecular formula is C20H23N5S. The van der Waals surface area contributed by atoms with Crippen LogP contribution in [0.4, 0.5) is 10.9 Å². The van der Waals surface area contributed by atoms with Gasteiger partial charge in [0.2, 0.25) is 0 Å². The van der Waals surface area contributed by atoms with E-state index >= 15 is 0 Å². The van der Waals surface area contributed by atoms with Crippen LogP contribution in [0.2, 0.25) is 0 Å². The van der Waals surface area contributed by atoms with Gasteiger partial charge in [0.15, 0.2) is 10.9 Å². The second-order valence-electron chi connectivity index (χ2n) is 6.73. The zero-order chi connectivity index (χ0) is 17.8. The van der Waals surface area contributed by atoms with E-state index in [4.69, 9.17) is 0 Å². The van der Waals surface area contributed by atoms with E-state index in [2.05, 4.69) is 44.3 Å². The van der Waals surface area contributed by atoms with E-state index in [0.717, 1.165) is 34.4 Å². The number of hydrogen-bond acceptors (Lipinski definition) is 6. The van der Waals surface area contributed by atoms with E-state index in [9.17, 15) is 0 Å². The number of nitrogens with zero attached hydrogens (tertiary/aromatic N) is 4. The van der Waals surface area contributed by atoms with Crippen molar-refractivity contribution in [1.29, 1.82) is 0 Å². The smallest absolute Gasteiger partial charge is 0.188 e. The SMILES string of the molecule is CN1CCCC1CCc1cnc(Nc2ncc(-c3ccccc3)s2)cn1. The van der Waals surface area contributed by atoms with Crippen LogP contribution >= 0.6 is 11.3 Å². The lowest BCUT2D eigenvalue weighted by atomic mass is 10.1. The second-order valence-corrected chi connectivity index (χ2v) is 7.76. The molecule has 2 aromatic heterocycles. The summed E-state index contributed by atoms with van der Waals surface area (Å²) in [7, 11) is 2.22. The molecule has 0 bridgehead atoms. The molecule has 26 heavy (non-hydrogen) atoms. The van der Waals surface area contributed by atoms with Gasteiger partial charge >= 0.3 is 0 Å². The van der Waals surface area contributed by atoms with Gasteiger partial charge in [-0.15, -0.1) is 0 Å². The standard InChI is InChI=1S/C20H23N5S/c1-25-11-5-8-17(25)10-9-16-12-22-19(14-21-16)24-20-23-13-18(26-20)15-6-3-2-4-7-15/h2-4,6-7,12-14,17H,5,8-11H2,1H3,(H,22,23,24). The molecule has 0 radical (unpaired) electrons. The van der Waals surface area contributed by atoms with Crippen molar-refractivity contribution in [2.24, 2.45) is 0 Å². The first-order chi connectivity index (χ1) is 12.8. The third-order valence-electron chi connectivity index (χ3n) is 4.91. The summed E-state index contributed by atoms with van der Waals surface area (Å²) in [5.41, 5.74) is 2.23. The Morgan fingerprint density at radius 3 is 2.73 bits per heavy atom. The van der Waals surface area contributed by atoms with Gasteiger partial charge < -0.3 is 10.2 Å². The van der Waals surface area contributed by atoms with Gasteiger partial charge in [0.05, 0.1) is 23.0 Å². The fourth-order valence-electron chi connectivity index (χ4n) is 3.38. The molecule has 0 amide bonds. The van der Waals surface area contributed by atoms with Gasteiger partial charge in [-0.1, -0.05) is 41.7 Å². The number of hydrogen-bond donors (Lipinski definition) is 1. The molecule has 3 aromatic rings. The first-order valence-corrected chi connectivity index (χ1v) is 9.89. The minimum atomic E-state index is 0.696. The summed E-state index contributed by atoms with van der Waals surface area (Å²) in [6.45, 7) is 1.22. The molecule has 1 atom stereocenters. The fourth-order valence-corrected chi connectivity index (χ4v) is 4.21. The molecule has 1 saturated heterocycles. The van der Waals surface area contributed by atoms with Crippen LogP contribution in [-0.2, 0) is 6.42 Å². The van der Waals surface area contributed by atoms with E-state index in [0.29, 0.717) is 6.04 Å². The number of anilines is 2. The average molecular weight is 366 g/mol. The Morgan fingerprint density at radius 2 is 2.00 bits per heavy atom.